The van der Waals surface area contributed by atoms with Gasteiger partial charge < -0.3 is 15.2 Å². The zero-order valence-corrected chi connectivity index (χ0v) is 11.4. The van der Waals surface area contributed by atoms with Crippen LogP contribution < -0.4 is 10.2 Å². The number of likely N-dealkylation sites (N-methyl/N-ethyl adjacent to an activating group) is 1. The Morgan fingerprint density at radius 2 is 2.11 bits per heavy atom. The van der Waals surface area contributed by atoms with Gasteiger partial charge in [0, 0.05) is 41.9 Å². The summed E-state index contributed by atoms with van der Waals surface area (Å²) in [6.07, 6.45) is 1.23. The third-order valence-electron chi connectivity index (χ3n) is 4.26. The zero-order valence-electron chi connectivity index (χ0n) is 11.4. The van der Waals surface area contributed by atoms with Crippen molar-refractivity contribution < 1.29 is 0 Å². The Labute approximate surface area is 108 Å². The lowest BCUT2D eigenvalue weighted by atomic mass is 10.1. The second-order valence-corrected chi connectivity index (χ2v) is 5.33. The second-order valence-electron chi connectivity index (χ2n) is 5.33. The van der Waals surface area contributed by atoms with Crippen LogP contribution in [0.5, 0.6) is 0 Å². The molecule has 18 heavy (non-hydrogen) atoms. The van der Waals surface area contributed by atoms with Gasteiger partial charge in [-0.3, -0.25) is 0 Å². The lowest BCUT2D eigenvalue weighted by molar-refractivity contribution is 0.687. The van der Waals surface area contributed by atoms with Gasteiger partial charge in [-0.25, -0.2) is 0 Å². The number of benzene rings is 1. The number of nitrogens with zero attached hydrogens (tertiary/aromatic N) is 1. The molecule has 0 radical (unpaired) electrons. The second kappa shape index (κ2) is 4.32. The normalized spacial score (nSPS) is 19.6. The highest BCUT2D eigenvalue weighted by Gasteiger charge is 2.21. The quantitative estimate of drug-likeness (QED) is 0.849. The van der Waals surface area contributed by atoms with Gasteiger partial charge in [0.25, 0.3) is 0 Å². The number of hydrogen-bond acceptors (Lipinski definition) is 2. The number of fused-ring (bicyclic) bond motifs is 1. The van der Waals surface area contributed by atoms with E-state index in [1.807, 2.05) is 0 Å². The molecule has 1 saturated heterocycles. The highest BCUT2D eigenvalue weighted by Crippen LogP contribution is 2.32. The van der Waals surface area contributed by atoms with E-state index in [4.69, 9.17) is 0 Å². The van der Waals surface area contributed by atoms with Crippen LogP contribution in [-0.2, 0) is 0 Å². The van der Waals surface area contributed by atoms with Crippen molar-refractivity contribution in [1.82, 2.24) is 10.3 Å². The fourth-order valence-corrected chi connectivity index (χ4v) is 2.98. The first-order valence-corrected chi connectivity index (χ1v) is 6.70. The molecule has 2 heterocycles. The van der Waals surface area contributed by atoms with E-state index in [1.165, 1.54) is 34.3 Å². The number of rotatable bonds is 2. The van der Waals surface area contributed by atoms with Crippen molar-refractivity contribution >= 4 is 16.6 Å². The van der Waals surface area contributed by atoms with Crippen LogP contribution in [0.3, 0.4) is 0 Å². The molecule has 96 valence electrons. The van der Waals surface area contributed by atoms with Crippen molar-refractivity contribution in [3.8, 4) is 0 Å². The average molecular weight is 243 g/mol. The number of aromatic amines is 1. The number of aryl methyl sites for hydroxylation is 2. The fraction of sp³-hybridized carbons (Fsp3) is 0.467. The van der Waals surface area contributed by atoms with Gasteiger partial charge in [-0.05, 0) is 44.5 Å². The summed E-state index contributed by atoms with van der Waals surface area (Å²) >= 11 is 0. The van der Waals surface area contributed by atoms with Crippen LogP contribution in [0.1, 0.15) is 17.7 Å². The molecule has 2 N–H and O–H groups in total. The molecule has 0 spiro atoms. The van der Waals surface area contributed by atoms with E-state index < -0.39 is 0 Å². The molecule has 0 aliphatic carbocycles. The first-order valence-electron chi connectivity index (χ1n) is 6.70. The molecule has 3 nitrogen and oxygen atoms in total. The smallest absolute Gasteiger partial charge is 0.0479 e. The molecule has 0 saturated carbocycles. The average Bonchev–Trinajstić information content (AvgIpc) is 2.98. The van der Waals surface area contributed by atoms with Crippen molar-refractivity contribution in [3.63, 3.8) is 0 Å². The number of nitrogens with one attached hydrogen (secondary N) is 2. The Kier molecular flexibility index (Phi) is 2.78. The van der Waals surface area contributed by atoms with Gasteiger partial charge in [-0.15, -0.1) is 0 Å². The Morgan fingerprint density at radius 1 is 1.28 bits per heavy atom. The lowest BCUT2D eigenvalue weighted by Crippen LogP contribution is -2.33. The van der Waals surface area contributed by atoms with Crippen LogP contribution in [0.2, 0.25) is 0 Å². The van der Waals surface area contributed by atoms with Crippen LogP contribution in [0.4, 0.5) is 5.69 Å². The van der Waals surface area contributed by atoms with E-state index in [0.717, 1.165) is 13.1 Å². The van der Waals surface area contributed by atoms with Crippen molar-refractivity contribution in [2.75, 3.05) is 25.0 Å². The first kappa shape index (κ1) is 11.6. The van der Waals surface area contributed by atoms with Gasteiger partial charge in [-0.1, -0.05) is 6.07 Å². The Bertz CT molecular complexity index is 564. The minimum Gasteiger partial charge on any atom is -0.370 e. The zero-order chi connectivity index (χ0) is 12.7. The van der Waals surface area contributed by atoms with Crippen LogP contribution in [0.25, 0.3) is 10.9 Å². The van der Waals surface area contributed by atoms with Crippen LogP contribution in [0.15, 0.2) is 18.2 Å². The summed E-state index contributed by atoms with van der Waals surface area (Å²) in [5, 5.41) is 4.82. The molecule has 1 unspecified atom stereocenters. The van der Waals surface area contributed by atoms with Crippen molar-refractivity contribution in [1.29, 1.82) is 0 Å². The molecule has 3 heteroatoms. The van der Waals surface area contributed by atoms with E-state index in [9.17, 15) is 0 Å². The molecule has 0 amide bonds. The van der Waals surface area contributed by atoms with E-state index in [1.54, 1.807) is 0 Å². The van der Waals surface area contributed by atoms with E-state index in [-0.39, 0.29) is 0 Å². The van der Waals surface area contributed by atoms with Crippen molar-refractivity contribution in [3.05, 3.63) is 29.5 Å². The predicted molar refractivity (Wildman–Crippen MR) is 77.5 cm³/mol. The Balaban J connectivity index is 2.10. The lowest BCUT2D eigenvalue weighted by Gasteiger charge is -2.27. The van der Waals surface area contributed by atoms with Gasteiger partial charge >= 0.3 is 0 Å². The van der Waals surface area contributed by atoms with Crippen molar-refractivity contribution in [2.45, 2.75) is 26.3 Å². The standard InChI is InChI=1S/C15H21N3/c1-10-11(2)17-13-5-4-6-14(15(10)13)18(3)12-7-8-16-9-12/h4-6,12,16-17H,7-9H2,1-3H3. The molecule has 0 bridgehead atoms. The SMILES string of the molecule is Cc1[nH]c2cccc(N(C)C3CCNC3)c2c1C. The highest BCUT2D eigenvalue weighted by atomic mass is 15.2. The van der Waals surface area contributed by atoms with Gasteiger partial charge in [0.05, 0.1) is 0 Å². The minimum absolute atomic E-state index is 0.616. The first-order chi connectivity index (χ1) is 8.68. The van der Waals surface area contributed by atoms with Crippen LogP contribution in [-0.4, -0.2) is 31.2 Å². The molecule has 1 aromatic carbocycles. The van der Waals surface area contributed by atoms with E-state index in [2.05, 4.69) is 54.3 Å². The molecule has 1 aliphatic heterocycles. The third-order valence-corrected chi connectivity index (χ3v) is 4.26. The van der Waals surface area contributed by atoms with Crippen LogP contribution in [0, 0.1) is 13.8 Å². The Hall–Kier alpha value is -1.48. The highest BCUT2D eigenvalue weighted by molar-refractivity contribution is 5.96. The monoisotopic (exact) mass is 243 g/mol. The maximum absolute atomic E-state index is 3.47. The third kappa shape index (κ3) is 1.70. The molecule has 1 fully saturated rings. The number of anilines is 1. The van der Waals surface area contributed by atoms with Crippen LogP contribution >= 0.6 is 0 Å². The largest absolute Gasteiger partial charge is 0.370 e. The summed E-state index contributed by atoms with van der Waals surface area (Å²) in [7, 11) is 2.22. The molecule has 1 aromatic heterocycles. The van der Waals surface area contributed by atoms with Gasteiger partial charge in [0.15, 0.2) is 0 Å². The molecule has 3 rings (SSSR count). The summed E-state index contributed by atoms with van der Waals surface area (Å²) in [4.78, 5) is 5.90. The summed E-state index contributed by atoms with van der Waals surface area (Å²) in [5.74, 6) is 0. The van der Waals surface area contributed by atoms with Gasteiger partial charge in [0.2, 0.25) is 0 Å². The van der Waals surface area contributed by atoms with E-state index >= 15 is 0 Å². The summed E-state index contributed by atoms with van der Waals surface area (Å²) in [6.45, 7) is 6.58. The maximum atomic E-state index is 3.47. The number of H-pyrrole nitrogens is 1. The summed E-state index contributed by atoms with van der Waals surface area (Å²) in [5.41, 5.74) is 5.25. The molecule has 2 aromatic rings. The molecule has 1 aliphatic rings. The Morgan fingerprint density at radius 3 is 2.83 bits per heavy atom. The van der Waals surface area contributed by atoms with Crippen molar-refractivity contribution in [2.24, 2.45) is 0 Å². The topological polar surface area (TPSA) is 31.1 Å². The van der Waals surface area contributed by atoms with E-state index in [0.29, 0.717) is 6.04 Å². The number of hydrogen-bond donors (Lipinski definition) is 2. The van der Waals surface area contributed by atoms with Gasteiger partial charge in [-0.2, -0.15) is 0 Å². The number of aromatic nitrogens is 1. The summed E-state index contributed by atoms with van der Waals surface area (Å²) in [6, 6.07) is 7.16. The maximum Gasteiger partial charge on any atom is 0.0479 e. The minimum atomic E-state index is 0.616. The fourth-order valence-electron chi connectivity index (χ4n) is 2.98. The molecular formula is C15H21N3. The molecular weight excluding hydrogens is 222 g/mol. The van der Waals surface area contributed by atoms with Gasteiger partial charge in [0.1, 0.15) is 0 Å². The molecule has 1 atom stereocenters. The summed E-state index contributed by atoms with van der Waals surface area (Å²) < 4.78 is 0. The predicted octanol–water partition coefficient (Wildman–Crippen LogP) is 2.58.